The Kier molecular flexibility index (Phi) is 2.67. The number of hydrogen-bond donors (Lipinski definition) is 3. The zero-order valence-electron chi connectivity index (χ0n) is 7.66. The normalized spacial score (nSPS) is 11.3. The number of aliphatic hydroxyl groups is 1. The predicted molar refractivity (Wildman–Crippen MR) is 47.2 cm³/mol. The first-order valence-electron chi connectivity index (χ1n) is 3.99. The highest BCUT2D eigenvalue weighted by Crippen LogP contribution is 1.98. The van der Waals surface area contributed by atoms with Gasteiger partial charge in [0.1, 0.15) is 5.69 Å². The number of aromatic nitrogens is 2. The van der Waals surface area contributed by atoms with Crippen LogP contribution in [0.3, 0.4) is 0 Å². The summed E-state index contributed by atoms with van der Waals surface area (Å²) in [4.78, 5) is 11.3. The highest BCUT2D eigenvalue weighted by molar-refractivity contribution is 5.92. The zero-order valence-corrected chi connectivity index (χ0v) is 7.66. The van der Waals surface area contributed by atoms with Crippen LogP contribution in [-0.2, 0) is 0 Å². The third-order valence-corrected chi connectivity index (χ3v) is 1.43. The molecule has 0 aromatic carbocycles. The molecule has 0 aliphatic heterocycles. The van der Waals surface area contributed by atoms with Crippen molar-refractivity contribution in [3.8, 4) is 0 Å². The molecule has 1 amide bonds. The lowest BCUT2D eigenvalue weighted by Gasteiger charge is -2.16. The minimum Gasteiger partial charge on any atom is -0.389 e. The minimum absolute atomic E-state index is 0.213. The summed E-state index contributed by atoms with van der Waals surface area (Å²) in [5.74, 6) is -0.264. The van der Waals surface area contributed by atoms with Gasteiger partial charge in [-0.3, -0.25) is 9.89 Å². The van der Waals surface area contributed by atoms with Gasteiger partial charge in [-0.25, -0.2) is 0 Å². The van der Waals surface area contributed by atoms with Gasteiger partial charge in [-0.1, -0.05) is 0 Å². The second-order valence-electron chi connectivity index (χ2n) is 3.47. The summed E-state index contributed by atoms with van der Waals surface area (Å²) in [6.45, 7) is 3.46. The molecule has 13 heavy (non-hydrogen) atoms. The molecule has 0 spiro atoms. The van der Waals surface area contributed by atoms with Crippen molar-refractivity contribution in [1.82, 2.24) is 15.5 Å². The topological polar surface area (TPSA) is 78.0 Å². The highest BCUT2D eigenvalue weighted by Gasteiger charge is 2.14. The number of nitrogens with one attached hydrogen (secondary N) is 2. The van der Waals surface area contributed by atoms with Crippen LogP contribution >= 0.6 is 0 Å². The van der Waals surface area contributed by atoms with Crippen molar-refractivity contribution in [3.05, 3.63) is 18.0 Å². The molecule has 1 heterocycles. The molecular formula is C8H13N3O2. The number of rotatable bonds is 3. The molecule has 1 rings (SSSR count). The standard InChI is InChI=1S/C8H13N3O2/c1-8(2,13)5-9-7(12)6-3-4-10-11-6/h3-4,13H,5H2,1-2H3,(H,9,12)(H,10,11). The molecule has 72 valence electrons. The Morgan fingerprint density at radius 2 is 2.46 bits per heavy atom. The van der Waals surface area contributed by atoms with E-state index >= 15 is 0 Å². The molecular weight excluding hydrogens is 170 g/mol. The van der Waals surface area contributed by atoms with E-state index in [1.165, 1.54) is 6.20 Å². The molecule has 0 atom stereocenters. The summed E-state index contributed by atoms with van der Waals surface area (Å²) >= 11 is 0. The van der Waals surface area contributed by atoms with Gasteiger partial charge in [-0.05, 0) is 19.9 Å². The molecule has 0 radical (unpaired) electrons. The van der Waals surface area contributed by atoms with Gasteiger partial charge in [0.2, 0.25) is 0 Å². The van der Waals surface area contributed by atoms with Crippen LogP contribution in [0.5, 0.6) is 0 Å². The number of H-pyrrole nitrogens is 1. The van der Waals surface area contributed by atoms with Crippen LogP contribution < -0.4 is 5.32 Å². The number of carbonyl (C=O) groups is 1. The van der Waals surface area contributed by atoms with E-state index in [4.69, 9.17) is 0 Å². The number of amides is 1. The first kappa shape index (κ1) is 9.73. The Morgan fingerprint density at radius 3 is 2.92 bits per heavy atom. The fourth-order valence-electron chi connectivity index (χ4n) is 0.774. The molecule has 5 heteroatoms. The summed E-state index contributed by atoms with van der Waals surface area (Å²) < 4.78 is 0. The van der Waals surface area contributed by atoms with Gasteiger partial charge in [0.25, 0.3) is 5.91 Å². The Balaban J connectivity index is 2.44. The van der Waals surface area contributed by atoms with Crippen LogP contribution in [0.25, 0.3) is 0 Å². The van der Waals surface area contributed by atoms with E-state index in [0.717, 1.165) is 0 Å². The molecule has 1 aromatic heterocycles. The van der Waals surface area contributed by atoms with Gasteiger partial charge in [-0.15, -0.1) is 0 Å². The van der Waals surface area contributed by atoms with E-state index in [0.29, 0.717) is 5.69 Å². The van der Waals surface area contributed by atoms with E-state index in [9.17, 15) is 9.90 Å². The van der Waals surface area contributed by atoms with Gasteiger partial charge in [0.05, 0.1) is 5.60 Å². The Labute approximate surface area is 76.2 Å². The van der Waals surface area contributed by atoms with Crippen LogP contribution in [0.15, 0.2) is 12.3 Å². The van der Waals surface area contributed by atoms with Crippen molar-refractivity contribution in [2.24, 2.45) is 0 Å². The summed E-state index contributed by atoms with van der Waals surface area (Å²) in [5, 5.41) is 18.1. The summed E-state index contributed by atoms with van der Waals surface area (Å²) in [6.07, 6.45) is 1.50. The van der Waals surface area contributed by atoms with E-state index in [-0.39, 0.29) is 12.5 Å². The molecule has 0 unspecified atom stereocenters. The predicted octanol–water partition coefficient (Wildman–Crippen LogP) is -0.0896. The van der Waals surface area contributed by atoms with Crippen molar-refractivity contribution < 1.29 is 9.90 Å². The fraction of sp³-hybridized carbons (Fsp3) is 0.500. The van der Waals surface area contributed by atoms with Crippen molar-refractivity contribution in [2.45, 2.75) is 19.4 Å². The van der Waals surface area contributed by atoms with Gasteiger partial charge in [0, 0.05) is 12.7 Å². The molecule has 0 fully saturated rings. The first-order chi connectivity index (χ1) is 5.99. The van der Waals surface area contributed by atoms with Crippen molar-refractivity contribution in [3.63, 3.8) is 0 Å². The Bertz CT molecular complexity index is 274. The molecule has 0 aliphatic carbocycles. The second-order valence-corrected chi connectivity index (χ2v) is 3.47. The lowest BCUT2D eigenvalue weighted by atomic mass is 10.1. The smallest absolute Gasteiger partial charge is 0.269 e. The molecule has 1 aromatic rings. The molecule has 0 saturated carbocycles. The maximum absolute atomic E-state index is 11.3. The van der Waals surface area contributed by atoms with E-state index < -0.39 is 5.60 Å². The van der Waals surface area contributed by atoms with Crippen LogP contribution in [0, 0.1) is 0 Å². The summed E-state index contributed by atoms with van der Waals surface area (Å²) in [5.41, 5.74) is -0.500. The maximum atomic E-state index is 11.3. The molecule has 0 aliphatic rings. The molecule has 0 bridgehead atoms. The van der Waals surface area contributed by atoms with Crippen LogP contribution in [0.4, 0.5) is 0 Å². The number of hydrogen-bond acceptors (Lipinski definition) is 3. The van der Waals surface area contributed by atoms with E-state index in [1.807, 2.05) is 0 Å². The van der Waals surface area contributed by atoms with Crippen LogP contribution in [0.1, 0.15) is 24.3 Å². The monoisotopic (exact) mass is 183 g/mol. The van der Waals surface area contributed by atoms with Gasteiger partial charge in [0.15, 0.2) is 0 Å². The number of aromatic amines is 1. The molecule has 3 N–H and O–H groups in total. The third kappa shape index (κ3) is 3.25. The Morgan fingerprint density at radius 1 is 1.77 bits per heavy atom. The average Bonchev–Trinajstić information content (AvgIpc) is 2.50. The van der Waals surface area contributed by atoms with Crippen molar-refractivity contribution in [2.75, 3.05) is 6.54 Å². The minimum atomic E-state index is -0.893. The zero-order chi connectivity index (χ0) is 9.90. The summed E-state index contributed by atoms with van der Waals surface area (Å²) in [7, 11) is 0. The molecule has 0 saturated heterocycles. The van der Waals surface area contributed by atoms with Gasteiger partial charge < -0.3 is 10.4 Å². The summed E-state index contributed by atoms with van der Waals surface area (Å²) in [6, 6.07) is 1.57. The Hall–Kier alpha value is -1.36. The quantitative estimate of drug-likeness (QED) is 0.612. The number of carbonyl (C=O) groups excluding carboxylic acids is 1. The van der Waals surface area contributed by atoms with Crippen LogP contribution in [0.2, 0.25) is 0 Å². The fourth-order valence-corrected chi connectivity index (χ4v) is 0.774. The lowest BCUT2D eigenvalue weighted by molar-refractivity contribution is 0.0692. The van der Waals surface area contributed by atoms with E-state index in [1.54, 1.807) is 19.9 Å². The molecule has 5 nitrogen and oxygen atoms in total. The van der Waals surface area contributed by atoms with Gasteiger partial charge in [-0.2, -0.15) is 5.10 Å². The van der Waals surface area contributed by atoms with Crippen molar-refractivity contribution in [1.29, 1.82) is 0 Å². The first-order valence-corrected chi connectivity index (χ1v) is 3.99. The largest absolute Gasteiger partial charge is 0.389 e. The lowest BCUT2D eigenvalue weighted by Crippen LogP contribution is -2.38. The number of nitrogens with zero attached hydrogens (tertiary/aromatic N) is 1. The maximum Gasteiger partial charge on any atom is 0.269 e. The van der Waals surface area contributed by atoms with Crippen LogP contribution in [-0.4, -0.2) is 33.4 Å². The highest BCUT2D eigenvalue weighted by atomic mass is 16.3. The van der Waals surface area contributed by atoms with E-state index in [2.05, 4.69) is 15.5 Å². The SMILES string of the molecule is CC(C)(O)CNC(=O)c1ccn[nH]1. The second kappa shape index (κ2) is 3.57. The van der Waals surface area contributed by atoms with Gasteiger partial charge >= 0.3 is 0 Å². The van der Waals surface area contributed by atoms with Crippen molar-refractivity contribution >= 4 is 5.91 Å². The third-order valence-electron chi connectivity index (χ3n) is 1.43. The average molecular weight is 183 g/mol.